The normalized spacial score (nSPS) is 10.3. The predicted molar refractivity (Wildman–Crippen MR) is 84.4 cm³/mol. The highest BCUT2D eigenvalue weighted by atomic mass is 32.2. The second-order valence-corrected chi connectivity index (χ2v) is 5.48. The van der Waals surface area contributed by atoms with Crippen molar-refractivity contribution in [3.8, 4) is 0 Å². The van der Waals surface area contributed by atoms with E-state index in [-0.39, 0.29) is 5.56 Å². The molecule has 0 unspecified atom stereocenters. The summed E-state index contributed by atoms with van der Waals surface area (Å²) in [5, 5.41) is 12.6. The van der Waals surface area contributed by atoms with Gasteiger partial charge in [-0.15, -0.1) is 11.8 Å². The molecule has 0 aliphatic rings. The van der Waals surface area contributed by atoms with Crippen molar-refractivity contribution in [3.63, 3.8) is 0 Å². The van der Waals surface area contributed by atoms with Crippen LogP contribution in [-0.4, -0.2) is 17.3 Å². The number of rotatable bonds is 4. The number of carboxylic acids is 1. The lowest BCUT2D eigenvalue weighted by atomic mass is 10.1. The van der Waals surface area contributed by atoms with Gasteiger partial charge in [-0.2, -0.15) is 0 Å². The molecule has 2 rings (SSSR count). The zero-order valence-electron chi connectivity index (χ0n) is 11.7. The molecule has 0 aliphatic heterocycles. The third kappa shape index (κ3) is 2.96. The highest BCUT2D eigenvalue weighted by molar-refractivity contribution is 7.98. The van der Waals surface area contributed by atoms with Crippen molar-refractivity contribution in [1.82, 2.24) is 0 Å². The molecule has 0 aromatic heterocycles. The van der Waals surface area contributed by atoms with Crippen LogP contribution >= 0.6 is 11.8 Å². The monoisotopic (exact) mass is 287 g/mol. The minimum Gasteiger partial charge on any atom is -0.478 e. The van der Waals surface area contributed by atoms with Gasteiger partial charge in [0.1, 0.15) is 0 Å². The van der Waals surface area contributed by atoms with Crippen LogP contribution in [0.1, 0.15) is 21.5 Å². The zero-order valence-corrected chi connectivity index (χ0v) is 12.5. The summed E-state index contributed by atoms with van der Waals surface area (Å²) < 4.78 is 0. The molecule has 0 bridgehead atoms. The number of aromatic carboxylic acids is 1. The molecule has 3 nitrogen and oxygen atoms in total. The van der Waals surface area contributed by atoms with Gasteiger partial charge < -0.3 is 10.4 Å². The minimum atomic E-state index is -0.924. The first kappa shape index (κ1) is 14.5. The van der Waals surface area contributed by atoms with E-state index in [0.29, 0.717) is 5.69 Å². The van der Waals surface area contributed by atoms with Crippen LogP contribution in [-0.2, 0) is 0 Å². The minimum absolute atomic E-state index is 0.283. The third-order valence-electron chi connectivity index (χ3n) is 3.12. The molecule has 0 saturated carbocycles. The van der Waals surface area contributed by atoms with Crippen molar-refractivity contribution < 1.29 is 9.90 Å². The van der Waals surface area contributed by atoms with Crippen LogP contribution in [0.2, 0.25) is 0 Å². The number of hydrogen-bond donors (Lipinski definition) is 2. The quantitative estimate of drug-likeness (QED) is 0.815. The highest BCUT2D eigenvalue weighted by Gasteiger charge is 2.12. The Morgan fingerprint density at radius 3 is 2.60 bits per heavy atom. The molecule has 4 heteroatoms. The molecule has 0 saturated heterocycles. The largest absolute Gasteiger partial charge is 0.478 e. The Balaban J connectivity index is 2.50. The fourth-order valence-corrected chi connectivity index (χ4v) is 2.68. The molecule has 0 fully saturated rings. The molecule has 20 heavy (non-hydrogen) atoms. The van der Waals surface area contributed by atoms with E-state index in [2.05, 4.69) is 5.32 Å². The Labute approximate surface area is 123 Å². The number of anilines is 2. The van der Waals surface area contributed by atoms with E-state index in [1.165, 1.54) is 0 Å². The Hall–Kier alpha value is -1.94. The molecule has 2 N–H and O–H groups in total. The van der Waals surface area contributed by atoms with Crippen LogP contribution in [0.3, 0.4) is 0 Å². The van der Waals surface area contributed by atoms with Gasteiger partial charge in [0, 0.05) is 4.90 Å². The Morgan fingerprint density at radius 2 is 1.95 bits per heavy atom. The maximum absolute atomic E-state index is 11.3. The first-order chi connectivity index (χ1) is 9.52. The number of nitrogens with one attached hydrogen (secondary N) is 1. The van der Waals surface area contributed by atoms with E-state index >= 15 is 0 Å². The van der Waals surface area contributed by atoms with Gasteiger partial charge in [-0.3, -0.25) is 0 Å². The maximum atomic E-state index is 11.3. The summed E-state index contributed by atoms with van der Waals surface area (Å²) >= 11 is 1.64. The smallest absolute Gasteiger partial charge is 0.337 e. The van der Waals surface area contributed by atoms with E-state index in [9.17, 15) is 9.90 Å². The average Bonchev–Trinajstić information content (AvgIpc) is 2.40. The number of benzene rings is 2. The number of thioether (sulfide) groups is 1. The molecule has 0 atom stereocenters. The van der Waals surface area contributed by atoms with Crippen molar-refractivity contribution in [3.05, 3.63) is 53.1 Å². The summed E-state index contributed by atoms with van der Waals surface area (Å²) in [7, 11) is 0. The number of carboxylic acid groups (broad SMARTS) is 1. The molecule has 2 aromatic carbocycles. The lowest BCUT2D eigenvalue weighted by Gasteiger charge is -2.15. The number of para-hydroxylation sites is 1. The first-order valence-electron chi connectivity index (χ1n) is 6.27. The van der Waals surface area contributed by atoms with Crippen molar-refractivity contribution in [2.45, 2.75) is 18.7 Å². The van der Waals surface area contributed by atoms with Gasteiger partial charge in [0.05, 0.1) is 16.9 Å². The number of aryl methyl sites for hydroxylation is 2. The predicted octanol–water partition coefficient (Wildman–Crippen LogP) is 4.47. The summed E-state index contributed by atoms with van der Waals surface area (Å²) in [6.07, 6.45) is 2.01. The van der Waals surface area contributed by atoms with Crippen LogP contribution < -0.4 is 5.32 Å². The lowest BCUT2D eigenvalue weighted by Crippen LogP contribution is -2.04. The van der Waals surface area contributed by atoms with Gasteiger partial charge in [-0.1, -0.05) is 18.2 Å². The standard InChI is InChI=1S/C16H17NO2S/c1-10-7-8-12(16(18)19)13(9-10)17-15-11(2)5-4-6-14(15)20-3/h4-9,17H,1-3H3,(H,18,19). The topological polar surface area (TPSA) is 49.3 Å². The summed E-state index contributed by atoms with van der Waals surface area (Å²) in [5.41, 5.74) is 3.99. The van der Waals surface area contributed by atoms with Crippen molar-refractivity contribution in [2.75, 3.05) is 11.6 Å². The van der Waals surface area contributed by atoms with E-state index in [1.807, 2.05) is 50.4 Å². The maximum Gasteiger partial charge on any atom is 0.337 e. The summed E-state index contributed by atoms with van der Waals surface area (Å²) in [4.78, 5) is 12.4. The van der Waals surface area contributed by atoms with E-state index in [0.717, 1.165) is 21.7 Å². The van der Waals surface area contributed by atoms with Gasteiger partial charge in [0.15, 0.2) is 0 Å². The van der Waals surface area contributed by atoms with E-state index in [4.69, 9.17) is 0 Å². The van der Waals surface area contributed by atoms with E-state index < -0.39 is 5.97 Å². The summed E-state index contributed by atoms with van der Waals surface area (Å²) in [5.74, 6) is -0.924. The van der Waals surface area contributed by atoms with Crippen LogP contribution in [0.5, 0.6) is 0 Å². The Kier molecular flexibility index (Phi) is 4.35. The summed E-state index contributed by atoms with van der Waals surface area (Å²) in [6, 6.07) is 11.3. The molecular weight excluding hydrogens is 270 g/mol. The van der Waals surface area contributed by atoms with E-state index in [1.54, 1.807) is 17.8 Å². The molecule has 0 spiro atoms. The Morgan fingerprint density at radius 1 is 1.20 bits per heavy atom. The SMILES string of the molecule is CSc1cccc(C)c1Nc1cc(C)ccc1C(=O)O. The molecule has 0 amide bonds. The fourth-order valence-electron chi connectivity index (χ4n) is 2.05. The van der Waals surface area contributed by atoms with Crippen LogP contribution in [0.25, 0.3) is 0 Å². The van der Waals surface area contributed by atoms with Crippen LogP contribution in [0, 0.1) is 13.8 Å². The van der Waals surface area contributed by atoms with Gasteiger partial charge in [-0.25, -0.2) is 4.79 Å². The molecule has 0 aliphatic carbocycles. The van der Waals surface area contributed by atoms with Gasteiger partial charge in [-0.05, 0) is 49.4 Å². The first-order valence-corrected chi connectivity index (χ1v) is 7.50. The number of hydrogen-bond acceptors (Lipinski definition) is 3. The van der Waals surface area contributed by atoms with Crippen LogP contribution in [0.15, 0.2) is 41.3 Å². The molecule has 0 heterocycles. The van der Waals surface area contributed by atoms with Gasteiger partial charge in [0.25, 0.3) is 0 Å². The van der Waals surface area contributed by atoms with Gasteiger partial charge >= 0.3 is 5.97 Å². The summed E-state index contributed by atoms with van der Waals surface area (Å²) in [6.45, 7) is 3.96. The molecule has 0 radical (unpaired) electrons. The second kappa shape index (κ2) is 6.01. The van der Waals surface area contributed by atoms with Gasteiger partial charge in [0.2, 0.25) is 0 Å². The average molecular weight is 287 g/mol. The lowest BCUT2D eigenvalue weighted by molar-refractivity contribution is 0.0698. The number of carbonyl (C=O) groups is 1. The fraction of sp³-hybridized carbons (Fsp3) is 0.188. The van der Waals surface area contributed by atoms with Crippen molar-refractivity contribution >= 4 is 29.1 Å². The molecule has 104 valence electrons. The highest BCUT2D eigenvalue weighted by Crippen LogP contribution is 2.32. The van der Waals surface area contributed by atoms with Crippen LogP contribution in [0.4, 0.5) is 11.4 Å². The van der Waals surface area contributed by atoms with Crippen molar-refractivity contribution in [1.29, 1.82) is 0 Å². The zero-order chi connectivity index (χ0) is 14.7. The second-order valence-electron chi connectivity index (χ2n) is 4.63. The third-order valence-corrected chi connectivity index (χ3v) is 3.90. The molecular formula is C16H17NO2S. The Bertz CT molecular complexity index is 653. The van der Waals surface area contributed by atoms with Crippen molar-refractivity contribution in [2.24, 2.45) is 0 Å². The molecule has 2 aromatic rings.